The molecule has 0 radical (unpaired) electrons. The fraction of sp³-hybridized carbons (Fsp3) is 0.625. The van der Waals surface area contributed by atoms with E-state index in [1.54, 1.807) is 19.1 Å². The molecule has 0 aliphatic heterocycles. The van der Waals surface area contributed by atoms with Gasteiger partial charge in [-0.05, 0) is 68.7 Å². The van der Waals surface area contributed by atoms with Crippen molar-refractivity contribution in [3.63, 3.8) is 0 Å². The number of hydrogen-bond acceptors (Lipinski definition) is 2. The minimum atomic E-state index is -3.46. The molecular formula is C16H24ClNO2S. The molecule has 0 saturated heterocycles. The van der Waals surface area contributed by atoms with E-state index in [1.165, 1.54) is 6.42 Å². The summed E-state index contributed by atoms with van der Waals surface area (Å²) >= 11 is 6.04. The maximum atomic E-state index is 12.6. The SMILES string of the molecule is CCC1CCC(NS(=O)(=O)c2cc(C)c(Cl)cc2C)CC1. The van der Waals surface area contributed by atoms with E-state index in [1.807, 2.05) is 6.92 Å². The van der Waals surface area contributed by atoms with Gasteiger partial charge in [-0.2, -0.15) is 0 Å². The highest BCUT2D eigenvalue weighted by Crippen LogP contribution is 2.29. The Bertz CT molecular complexity index is 605. The Morgan fingerprint density at radius 2 is 1.76 bits per heavy atom. The fourth-order valence-corrected chi connectivity index (χ4v) is 4.85. The largest absolute Gasteiger partial charge is 0.241 e. The van der Waals surface area contributed by atoms with Crippen LogP contribution >= 0.6 is 11.6 Å². The zero-order chi connectivity index (χ0) is 15.6. The number of benzene rings is 1. The Labute approximate surface area is 133 Å². The predicted molar refractivity (Wildman–Crippen MR) is 87.3 cm³/mol. The minimum Gasteiger partial charge on any atom is -0.208 e. The van der Waals surface area contributed by atoms with Crippen LogP contribution in [0.1, 0.15) is 50.2 Å². The molecule has 1 aromatic rings. The Kier molecular flexibility index (Phi) is 5.33. The van der Waals surface area contributed by atoms with Gasteiger partial charge in [-0.25, -0.2) is 13.1 Å². The Balaban J connectivity index is 2.14. The van der Waals surface area contributed by atoms with Crippen molar-refractivity contribution in [2.75, 3.05) is 0 Å². The maximum Gasteiger partial charge on any atom is 0.241 e. The van der Waals surface area contributed by atoms with Crippen molar-refractivity contribution >= 4 is 21.6 Å². The van der Waals surface area contributed by atoms with Crippen LogP contribution in [0.15, 0.2) is 17.0 Å². The van der Waals surface area contributed by atoms with Gasteiger partial charge < -0.3 is 0 Å². The van der Waals surface area contributed by atoms with Crippen LogP contribution < -0.4 is 4.72 Å². The van der Waals surface area contributed by atoms with Gasteiger partial charge in [-0.15, -0.1) is 0 Å². The topological polar surface area (TPSA) is 46.2 Å². The van der Waals surface area contributed by atoms with Crippen LogP contribution in [0, 0.1) is 19.8 Å². The van der Waals surface area contributed by atoms with Crippen LogP contribution in [0.2, 0.25) is 5.02 Å². The van der Waals surface area contributed by atoms with Crippen LogP contribution in [0.3, 0.4) is 0 Å². The number of hydrogen-bond donors (Lipinski definition) is 1. The van der Waals surface area contributed by atoms with Crippen LogP contribution in [-0.2, 0) is 10.0 Å². The molecule has 0 spiro atoms. The lowest BCUT2D eigenvalue weighted by Gasteiger charge is -2.28. The van der Waals surface area contributed by atoms with Gasteiger partial charge in [-0.3, -0.25) is 0 Å². The fourth-order valence-electron chi connectivity index (χ4n) is 3.02. The second kappa shape index (κ2) is 6.67. The quantitative estimate of drug-likeness (QED) is 0.899. The summed E-state index contributed by atoms with van der Waals surface area (Å²) in [6.07, 6.45) is 5.28. The third-order valence-corrected chi connectivity index (χ3v) is 6.56. The third-order valence-electron chi connectivity index (χ3n) is 4.49. The molecule has 2 rings (SSSR count). The van der Waals surface area contributed by atoms with Gasteiger partial charge in [-0.1, -0.05) is 24.9 Å². The molecule has 21 heavy (non-hydrogen) atoms. The molecule has 1 aliphatic carbocycles. The summed E-state index contributed by atoms with van der Waals surface area (Å²) in [5, 5.41) is 0.606. The zero-order valence-corrected chi connectivity index (χ0v) is 14.5. The first-order valence-electron chi connectivity index (χ1n) is 7.62. The summed E-state index contributed by atoms with van der Waals surface area (Å²) in [4.78, 5) is 0.349. The van der Waals surface area contributed by atoms with E-state index in [2.05, 4.69) is 11.6 Å². The molecular weight excluding hydrogens is 306 g/mol. The highest BCUT2D eigenvalue weighted by molar-refractivity contribution is 7.89. The molecule has 1 aliphatic rings. The first-order valence-corrected chi connectivity index (χ1v) is 9.48. The van der Waals surface area contributed by atoms with Crippen molar-refractivity contribution in [1.29, 1.82) is 0 Å². The second-order valence-corrected chi connectivity index (χ2v) is 8.20. The predicted octanol–water partition coefficient (Wildman–Crippen LogP) is 4.20. The average Bonchev–Trinajstić information content (AvgIpc) is 2.43. The standard InChI is InChI=1S/C16H24ClNO2S/c1-4-13-5-7-14(8-6-13)18-21(19,20)16-10-11(2)15(17)9-12(16)3/h9-10,13-14,18H,4-8H2,1-3H3. The summed E-state index contributed by atoms with van der Waals surface area (Å²) in [7, 11) is -3.46. The van der Waals surface area contributed by atoms with E-state index in [0.717, 1.165) is 37.2 Å². The molecule has 0 unspecified atom stereocenters. The Morgan fingerprint density at radius 3 is 2.33 bits per heavy atom. The molecule has 0 amide bonds. The van der Waals surface area contributed by atoms with Crippen molar-refractivity contribution in [1.82, 2.24) is 4.72 Å². The van der Waals surface area contributed by atoms with Crippen LogP contribution in [-0.4, -0.2) is 14.5 Å². The molecule has 3 nitrogen and oxygen atoms in total. The number of aryl methyl sites for hydroxylation is 2. The summed E-state index contributed by atoms with van der Waals surface area (Å²) < 4.78 is 28.0. The smallest absolute Gasteiger partial charge is 0.208 e. The molecule has 1 N–H and O–H groups in total. The second-order valence-electron chi connectivity index (χ2n) is 6.11. The van der Waals surface area contributed by atoms with Gasteiger partial charge in [0.15, 0.2) is 0 Å². The average molecular weight is 330 g/mol. The van der Waals surface area contributed by atoms with Gasteiger partial charge in [0.05, 0.1) is 4.90 Å². The van der Waals surface area contributed by atoms with E-state index >= 15 is 0 Å². The number of halogens is 1. The van der Waals surface area contributed by atoms with Gasteiger partial charge >= 0.3 is 0 Å². The first-order chi connectivity index (χ1) is 9.83. The van der Waals surface area contributed by atoms with Crippen molar-refractivity contribution in [3.8, 4) is 0 Å². The van der Waals surface area contributed by atoms with Gasteiger partial charge in [0, 0.05) is 11.1 Å². The van der Waals surface area contributed by atoms with Crippen molar-refractivity contribution in [3.05, 3.63) is 28.3 Å². The molecule has 0 bridgehead atoms. The lowest BCUT2D eigenvalue weighted by atomic mass is 9.85. The normalized spacial score (nSPS) is 23.2. The summed E-state index contributed by atoms with van der Waals surface area (Å²) in [5.41, 5.74) is 1.48. The van der Waals surface area contributed by atoms with Crippen molar-refractivity contribution in [2.24, 2.45) is 5.92 Å². The molecule has 1 saturated carbocycles. The lowest BCUT2D eigenvalue weighted by Crippen LogP contribution is -2.37. The zero-order valence-electron chi connectivity index (χ0n) is 12.9. The highest BCUT2D eigenvalue weighted by Gasteiger charge is 2.26. The van der Waals surface area contributed by atoms with Crippen molar-refractivity contribution in [2.45, 2.75) is 63.8 Å². The Hall–Kier alpha value is -0.580. The molecule has 0 heterocycles. The first kappa shape index (κ1) is 16.8. The van der Waals surface area contributed by atoms with Gasteiger partial charge in [0.2, 0.25) is 10.0 Å². The molecule has 0 atom stereocenters. The number of sulfonamides is 1. The van der Waals surface area contributed by atoms with E-state index in [0.29, 0.717) is 15.5 Å². The number of nitrogens with one attached hydrogen (secondary N) is 1. The highest BCUT2D eigenvalue weighted by atomic mass is 35.5. The van der Waals surface area contributed by atoms with Crippen LogP contribution in [0.4, 0.5) is 0 Å². The van der Waals surface area contributed by atoms with Gasteiger partial charge in [0.25, 0.3) is 0 Å². The monoisotopic (exact) mass is 329 g/mol. The maximum absolute atomic E-state index is 12.6. The molecule has 5 heteroatoms. The molecule has 118 valence electrons. The number of rotatable bonds is 4. The van der Waals surface area contributed by atoms with E-state index in [4.69, 9.17) is 11.6 Å². The summed E-state index contributed by atoms with van der Waals surface area (Å²) in [6, 6.07) is 3.45. The minimum absolute atomic E-state index is 0.0631. The van der Waals surface area contributed by atoms with E-state index in [9.17, 15) is 8.42 Å². The molecule has 1 aromatic carbocycles. The van der Waals surface area contributed by atoms with Crippen molar-refractivity contribution < 1.29 is 8.42 Å². The summed E-state index contributed by atoms with van der Waals surface area (Å²) in [5.74, 6) is 0.755. The van der Waals surface area contributed by atoms with E-state index in [-0.39, 0.29) is 6.04 Å². The van der Waals surface area contributed by atoms with Crippen LogP contribution in [0.5, 0.6) is 0 Å². The lowest BCUT2D eigenvalue weighted by molar-refractivity contribution is 0.306. The van der Waals surface area contributed by atoms with Gasteiger partial charge in [0.1, 0.15) is 0 Å². The molecule has 0 aromatic heterocycles. The Morgan fingerprint density at radius 1 is 1.14 bits per heavy atom. The summed E-state index contributed by atoms with van der Waals surface area (Å²) in [6.45, 7) is 5.82. The molecule has 1 fully saturated rings. The van der Waals surface area contributed by atoms with E-state index < -0.39 is 10.0 Å². The third kappa shape index (κ3) is 3.99. The van der Waals surface area contributed by atoms with Crippen LogP contribution in [0.25, 0.3) is 0 Å².